The Kier molecular flexibility index (Phi) is 5.15. The lowest BCUT2D eigenvalue weighted by Gasteiger charge is -2.24. The summed E-state index contributed by atoms with van der Waals surface area (Å²) in [6.45, 7) is 5.88. The summed E-state index contributed by atoms with van der Waals surface area (Å²) in [4.78, 5) is 15.0. The number of fused-ring (bicyclic) bond motifs is 1. The number of carbonyl (C=O) groups is 1. The van der Waals surface area contributed by atoms with Gasteiger partial charge in [0.15, 0.2) is 0 Å². The molecule has 1 aromatic rings. The summed E-state index contributed by atoms with van der Waals surface area (Å²) in [5.41, 5.74) is 2.68. The second kappa shape index (κ2) is 6.64. The van der Waals surface area contributed by atoms with Gasteiger partial charge in [0, 0.05) is 17.5 Å². The molecule has 2 rings (SSSR count). The number of benzene rings is 1. The Morgan fingerprint density at radius 1 is 1.21 bits per heavy atom. The molecule has 0 amide bonds. The highest BCUT2D eigenvalue weighted by molar-refractivity contribution is 7.85. The number of hydrogen-bond donors (Lipinski definition) is 2. The molecule has 24 heavy (non-hydrogen) atoms. The zero-order chi connectivity index (χ0) is 18.1. The molecule has 132 valence electrons. The Hall–Kier alpha value is -1.73. The lowest BCUT2D eigenvalue weighted by atomic mass is 9.78. The van der Waals surface area contributed by atoms with Gasteiger partial charge in [-0.25, -0.2) is 0 Å². The molecule has 0 aliphatic carbocycles. The Bertz CT molecular complexity index is 793. The zero-order valence-corrected chi connectivity index (χ0v) is 15.0. The summed E-state index contributed by atoms with van der Waals surface area (Å²) < 4.78 is 33.1. The fourth-order valence-corrected chi connectivity index (χ4v) is 3.91. The van der Waals surface area contributed by atoms with Gasteiger partial charge < -0.3 is 5.11 Å². The number of aliphatic carboxylic acids is 1. The third kappa shape index (κ3) is 3.67. The van der Waals surface area contributed by atoms with Crippen LogP contribution in [0.15, 0.2) is 22.0 Å². The van der Waals surface area contributed by atoms with Gasteiger partial charge in [0.05, 0.1) is 10.6 Å². The first-order chi connectivity index (χ1) is 11.0. The van der Waals surface area contributed by atoms with E-state index in [1.165, 1.54) is 6.07 Å². The molecule has 1 aliphatic rings. The average Bonchev–Trinajstić information content (AvgIpc) is 2.67. The molecule has 0 unspecified atom stereocenters. The van der Waals surface area contributed by atoms with Crippen molar-refractivity contribution >= 4 is 27.5 Å². The van der Waals surface area contributed by atoms with Crippen molar-refractivity contribution in [1.82, 2.24) is 0 Å². The Balaban J connectivity index is 2.35. The van der Waals surface area contributed by atoms with E-state index in [1.54, 1.807) is 6.07 Å². The van der Waals surface area contributed by atoms with Crippen LogP contribution in [0.4, 0.5) is 5.69 Å². The van der Waals surface area contributed by atoms with E-state index >= 15 is 0 Å². The largest absolute Gasteiger partial charge is 0.481 e. The molecular formula is C17H23NO5S. The van der Waals surface area contributed by atoms with Gasteiger partial charge in [-0.2, -0.15) is 8.42 Å². The topological polar surface area (TPSA) is 104 Å². The Morgan fingerprint density at radius 3 is 2.46 bits per heavy atom. The number of nitrogens with zero attached hydrogens (tertiary/aromatic N) is 1. The fraction of sp³-hybridized carbons (Fsp3) is 0.529. The summed E-state index contributed by atoms with van der Waals surface area (Å²) >= 11 is 0. The first-order valence-corrected chi connectivity index (χ1v) is 9.40. The van der Waals surface area contributed by atoms with Crippen molar-refractivity contribution in [2.75, 3.05) is 0 Å². The van der Waals surface area contributed by atoms with Gasteiger partial charge in [-0.15, -0.1) is 0 Å². The highest BCUT2D eigenvalue weighted by Crippen LogP contribution is 2.44. The molecule has 0 fully saturated rings. The summed E-state index contributed by atoms with van der Waals surface area (Å²) in [5.74, 6) is -0.834. The van der Waals surface area contributed by atoms with Gasteiger partial charge in [0.25, 0.3) is 10.1 Å². The predicted octanol–water partition coefficient (Wildman–Crippen LogP) is 3.50. The molecule has 0 spiro atoms. The van der Waals surface area contributed by atoms with Crippen LogP contribution < -0.4 is 0 Å². The van der Waals surface area contributed by atoms with Gasteiger partial charge in [-0.3, -0.25) is 14.3 Å². The maximum Gasteiger partial charge on any atom is 0.303 e. The second-order valence-corrected chi connectivity index (χ2v) is 8.08. The monoisotopic (exact) mass is 353 g/mol. The molecule has 0 aromatic heterocycles. The van der Waals surface area contributed by atoms with E-state index in [-0.39, 0.29) is 11.3 Å². The standard InChI is InChI=1S/C17H23NO5S/c1-11-17(2,3)16-12(7-5-4-6-8-15(19)20)14(24(21,22)23)10-9-13(16)18-11/h9-10H,4-8H2,1-3H3,(H,19,20)(H,21,22,23). The normalized spacial score (nSPS) is 15.9. The summed E-state index contributed by atoms with van der Waals surface area (Å²) in [6.07, 6.45) is 2.45. The van der Waals surface area contributed by atoms with Gasteiger partial charge in [-0.05, 0) is 49.4 Å². The molecule has 0 atom stereocenters. The van der Waals surface area contributed by atoms with Crippen LogP contribution in [-0.4, -0.2) is 29.8 Å². The molecule has 2 N–H and O–H groups in total. The van der Waals surface area contributed by atoms with Crippen LogP contribution in [0, 0.1) is 0 Å². The first-order valence-electron chi connectivity index (χ1n) is 7.96. The van der Waals surface area contributed by atoms with E-state index in [1.807, 2.05) is 20.8 Å². The van der Waals surface area contributed by atoms with Gasteiger partial charge in [-0.1, -0.05) is 20.3 Å². The van der Waals surface area contributed by atoms with Crippen molar-refractivity contribution in [3.8, 4) is 0 Å². The van der Waals surface area contributed by atoms with Crippen LogP contribution in [0.25, 0.3) is 0 Å². The summed E-state index contributed by atoms with van der Waals surface area (Å²) in [7, 11) is -4.32. The first kappa shape index (κ1) is 18.6. The van der Waals surface area contributed by atoms with Crippen molar-refractivity contribution in [1.29, 1.82) is 0 Å². The highest BCUT2D eigenvalue weighted by Gasteiger charge is 2.36. The summed E-state index contributed by atoms with van der Waals surface area (Å²) in [6, 6.07) is 3.03. The molecule has 7 heteroatoms. The van der Waals surface area contributed by atoms with Gasteiger partial charge >= 0.3 is 5.97 Å². The molecule has 6 nitrogen and oxygen atoms in total. The number of rotatable bonds is 7. The van der Waals surface area contributed by atoms with Crippen LogP contribution in [0.3, 0.4) is 0 Å². The minimum Gasteiger partial charge on any atom is -0.481 e. The number of carboxylic acids is 1. The number of unbranched alkanes of at least 4 members (excludes halogenated alkanes) is 2. The van der Waals surface area contributed by atoms with E-state index in [9.17, 15) is 17.8 Å². The van der Waals surface area contributed by atoms with Crippen molar-refractivity contribution in [2.24, 2.45) is 4.99 Å². The zero-order valence-electron chi connectivity index (χ0n) is 14.2. The lowest BCUT2D eigenvalue weighted by molar-refractivity contribution is -0.137. The van der Waals surface area contributed by atoms with Crippen LogP contribution in [0.1, 0.15) is 57.6 Å². The van der Waals surface area contributed by atoms with E-state index in [4.69, 9.17) is 5.11 Å². The van der Waals surface area contributed by atoms with E-state index in [2.05, 4.69) is 4.99 Å². The minimum atomic E-state index is -4.32. The van der Waals surface area contributed by atoms with E-state index in [0.29, 0.717) is 31.2 Å². The third-order valence-corrected chi connectivity index (χ3v) is 5.60. The smallest absolute Gasteiger partial charge is 0.303 e. The van der Waals surface area contributed by atoms with E-state index < -0.39 is 21.5 Å². The molecule has 0 saturated carbocycles. The van der Waals surface area contributed by atoms with Crippen molar-refractivity contribution in [3.05, 3.63) is 23.3 Å². The number of aliphatic imine (C=N–C) groups is 1. The average molecular weight is 353 g/mol. The maximum absolute atomic E-state index is 11.8. The van der Waals surface area contributed by atoms with Crippen molar-refractivity contribution in [3.63, 3.8) is 0 Å². The van der Waals surface area contributed by atoms with Crippen LogP contribution in [0.5, 0.6) is 0 Å². The van der Waals surface area contributed by atoms with Crippen molar-refractivity contribution in [2.45, 2.75) is 63.2 Å². The minimum absolute atomic E-state index is 0.0718. The lowest BCUT2D eigenvalue weighted by Crippen LogP contribution is -2.25. The molecule has 1 heterocycles. The summed E-state index contributed by atoms with van der Waals surface area (Å²) in [5, 5.41) is 8.68. The van der Waals surface area contributed by atoms with Crippen LogP contribution in [0.2, 0.25) is 0 Å². The third-order valence-electron chi connectivity index (χ3n) is 4.66. The van der Waals surface area contributed by atoms with Crippen molar-refractivity contribution < 1.29 is 22.9 Å². The Morgan fingerprint density at radius 2 is 1.88 bits per heavy atom. The fourth-order valence-electron chi connectivity index (χ4n) is 3.15. The SMILES string of the molecule is CC1=Nc2ccc(S(=O)(=O)O)c(CCCCCC(=O)O)c2C1(C)C. The molecule has 1 aromatic carbocycles. The maximum atomic E-state index is 11.8. The van der Waals surface area contributed by atoms with Gasteiger partial charge in [0.2, 0.25) is 0 Å². The molecular weight excluding hydrogens is 330 g/mol. The van der Waals surface area contributed by atoms with E-state index in [0.717, 1.165) is 17.0 Å². The van der Waals surface area contributed by atoms with Crippen LogP contribution in [-0.2, 0) is 26.7 Å². The van der Waals surface area contributed by atoms with Crippen LogP contribution >= 0.6 is 0 Å². The predicted molar refractivity (Wildman–Crippen MR) is 91.9 cm³/mol. The molecule has 0 saturated heterocycles. The second-order valence-electron chi connectivity index (χ2n) is 6.69. The molecule has 0 radical (unpaired) electrons. The number of hydrogen-bond acceptors (Lipinski definition) is 4. The highest BCUT2D eigenvalue weighted by atomic mass is 32.2. The number of carboxylic acid groups (broad SMARTS) is 1. The Labute approximate surface area is 142 Å². The molecule has 1 aliphatic heterocycles. The van der Waals surface area contributed by atoms with Gasteiger partial charge in [0.1, 0.15) is 0 Å². The quantitative estimate of drug-likeness (QED) is 0.576. The molecule has 0 bridgehead atoms.